The van der Waals surface area contributed by atoms with Crippen LogP contribution in [0.5, 0.6) is 0 Å². The molecule has 0 aromatic rings. The molecule has 0 saturated heterocycles. The molecule has 0 amide bonds. The standard InChI is InChI=1S/C10H19.3CH3O.Ti/c1-3-5-7-9-10-8-6-4-2;3*1-2;/h3,5H,1,4,6-10H2,2H3;3*1H3;/q;3*-1;+3. The van der Waals surface area contributed by atoms with Crippen molar-refractivity contribution < 1.29 is 27.7 Å². The van der Waals surface area contributed by atoms with Crippen molar-refractivity contribution in [2.45, 2.75) is 49.7 Å². The van der Waals surface area contributed by atoms with Crippen LogP contribution in [-0.4, -0.2) is 21.3 Å². The Morgan fingerprint density at radius 1 is 1.00 bits per heavy atom. The summed E-state index contributed by atoms with van der Waals surface area (Å²) in [6.07, 6.45) is 9.38. The quantitative estimate of drug-likeness (QED) is 0.323. The Morgan fingerprint density at radius 3 is 1.94 bits per heavy atom. The van der Waals surface area contributed by atoms with E-state index in [1.165, 1.54) is 32.1 Å². The summed E-state index contributed by atoms with van der Waals surface area (Å²) in [5, 5.41) is 0. The van der Waals surface area contributed by atoms with E-state index in [2.05, 4.69) is 13.5 Å². The molecule has 0 aliphatic heterocycles. The third-order valence-electron chi connectivity index (χ3n) is 3.21. The van der Waals surface area contributed by atoms with Gasteiger partial charge >= 0.3 is 111 Å². The topological polar surface area (TPSA) is 27.7 Å². The van der Waals surface area contributed by atoms with E-state index in [1.54, 1.807) is 21.3 Å². The Hall–Kier alpha value is 0.334. The van der Waals surface area contributed by atoms with Gasteiger partial charge in [-0.3, -0.25) is 0 Å². The zero-order valence-corrected chi connectivity index (χ0v) is 13.4. The van der Waals surface area contributed by atoms with Crippen LogP contribution in [0.3, 0.4) is 0 Å². The van der Waals surface area contributed by atoms with Crippen LogP contribution in [0.15, 0.2) is 12.7 Å². The number of rotatable bonds is 11. The summed E-state index contributed by atoms with van der Waals surface area (Å²) in [4.78, 5) is 0. The van der Waals surface area contributed by atoms with Crippen molar-refractivity contribution in [1.82, 2.24) is 0 Å². The minimum absolute atomic E-state index is 0.247. The fourth-order valence-corrected chi connectivity index (χ4v) is 5.63. The van der Waals surface area contributed by atoms with Crippen LogP contribution in [-0.2, 0) is 27.7 Å². The molecule has 0 aromatic heterocycles. The molecular formula is C13H28O3Ti. The molecule has 0 N–H and O–H groups in total. The Bertz CT molecular complexity index is 185. The number of unbranched alkanes of at least 4 members (excludes halogenated alkanes) is 4. The van der Waals surface area contributed by atoms with E-state index in [4.69, 9.17) is 9.96 Å². The van der Waals surface area contributed by atoms with Gasteiger partial charge in [0.05, 0.1) is 0 Å². The van der Waals surface area contributed by atoms with Gasteiger partial charge in [0.25, 0.3) is 0 Å². The molecule has 1 atom stereocenters. The molecule has 102 valence electrons. The summed E-state index contributed by atoms with van der Waals surface area (Å²) < 4.78 is 16.9. The molecule has 0 aromatic carbocycles. The summed E-state index contributed by atoms with van der Waals surface area (Å²) in [6.45, 7) is 6.12. The maximum atomic E-state index is 5.54. The van der Waals surface area contributed by atoms with Crippen molar-refractivity contribution in [3.63, 3.8) is 0 Å². The van der Waals surface area contributed by atoms with Crippen molar-refractivity contribution in [2.75, 3.05) is 21.3 Å². The molecule has 0 aliphatic rings. The van der Waals surface area contributed by atoms with Crippen LogP contribution in [0.4, 0.5) is 0 Å². The molecule has 0 heterocycles. The van der Waals surface area contributed by atoms with Crippen molar-refractivity contribution in [1.29, 1.82) is 0 Å². The molecule has 0 rings (SSSR count). The minimum atomic E-state index is -3.08. The number of allylic oxidation sites excluding steroid dienone is 1. The van der Waals surface area contributed by atoms with E-state index in [9.17, 15) is 0 Å². The molecule has 4 heteroatoms. The van der Waals surface area contributed by atoms with Crippen LogP contribution < -0.4 is 0 Å². The van der Waals surface area contributed by atoms with E-state index in [0.717, 1.165) is 6.42 Å². The van der Waals surface area contributed by atoms with Crippen molar-refractivity contribution in [3.8, 4) is 0 Å². The maximum absolute atomic E-state index is 5.54. The van der Waals surface area contributed by atoms with Crippen LogP contribution >= 0.6 is 0 Å². The Balaban J connectivity index is 4.16. The van der Waals surface area contributed by atoms with Gasteiger partial charge in [-0.25, -0.2) is 0 Å². The molecule has 17 heavy (non-hydrogen) atoms. The Labute approximate surface area is 111 Å². The zero-order valence-electron chi connectivity index (χ0n) is 11.8. The second-order valence-electron chi connectivity index (χ2n) is 4.26. The van der Waals surface area contributed by atoms with E-state index in [0.29, 0.717) is 0 Å². The van der Waals surface area contributed by atoms with Gasteiger partial charge in [-0.05, 0) is 0 Å². The second kappa shape index (κ2) is 10.3. The van der Waals surface area contributed by atoms with E-state index in [1.807, 2.05) is 6.08 Å². The van der Waals surface area contributed by atoms with Crippen molar-refractivity contribution >= 4 is 0 Å². The van der Waals surface area contributed by atoms with E-state index >= 15 is 0 Å². The van der Waals surface area contributed by atoms with Gasteiger partial charge in [-0.15, -0.1) is 0 Å². The molecule has 0 saturated carbocycles. The predicted octanol–water partition coefficient (Wildman–Crippen LogP) is 4.16. The van der Waals surface area contributed by atoms with Crippen LogP contribution in [0.2, 0.25) is 4.22 Å². The summed E-state index contributed by atoms with van der Waals surface area (Å²) in [7, 11) is 5.04. The molecule has 0 radical (unpaired) electrons. The third kappa shape index (κ3) is 5.67. The van der Waals surface area contributed by atoms with Crippen LogP contribution in [0, 0.1) is 0 Å². The summed E-state index contributed by atoms with van der Waals surface area (Å²) in [5.41, 5.74) is 0. The van der Waals surface area contributed by atoms with E-state index < -0.39 is 17.8 Å². The van der Waals surface area contributed by atoms with Gasteiger partial charge in [0.2, 0.25) is 0 Å². The van der Waals surface area contributed by atoms with Gasteiger partial charge in [-0.1, -0.05) is 0 Å². The molecule has 1 unspecified atom stereocenters. The molecule has 0 spiro atoms. The van der Waals surface area contributed by atoms with Gasteiger partial charge in [0.1, 0.15) is 0 Å². The van der Waals surface area contributed by atoms with Crippen LogP contribution in [0.1, 0.15) is 45.4 Å². The monoisotopic (exact) mass is 280 g/mol. The molecule has 0 aliphatic carbocycles. The molecular weight excluding hydrogens is 252 g/mol. The first-order valence-corrected chi connectivity index (χ1v) is 9.30. The molecule has 3 nitrogen and oxygen atoms in total. The summed E-state index contributed by atoms with van der Waals surface area (Å²) >= 11 is -3.08. The fourth-order valence-electron chi connectivity index (χ4n) is 2.11. The average molecular weight is 280 g/mol. The normalized spacial score (nSPS) is 13.6. The molecule has 0 bridgehead atoms. The predicted molar refractivity (Wildman–Crippen MR) is 68.4 cm³/mol. The first-order chi connectivity index (χ1) is 8.20. The Morgan fingerprint density at radius 2 is 1.53 bits per heavy atom. The van der Waals surface area contributed by atoms with E-state index in [-0.39, 0.29) is 4.22 Å². The SMILES string of the molecule is C=C[CH](CCCCCCC)[Ti]([O]C)([O]C)[O]C. The van der Waals surface area contributed by atoms with Gasteiger partial charge in [0.15, 0.2) is 0 Å². The molecule has 0 fully saturated rings. The van der Waals surface area contributed by atoms with Crippen molar-refractivity contribution in [3.05, 3.63) is 12.7 Å². The second-order valence-corrected chi connectivity index (χ2v) is 9.22. The number of hydrogen-bond donors (Lipinski definition) is 0. The summed E-state index contributed by atoms with van der Waals surface area (Å²) in [6, 6.07) is 0. The average Bonchev–Trinajstić information content (AvgIpc) is 2.38. The van der Waals surface area contributed by atoms with Gasteiger partial charge < -0.3 is 0 Å². The first kappa shape index (κ1) is 17.3. The fraction of sp³-hybridized carbons (Fsp3) is 0.846. The van der Waals surface area contributed by atoms with Crippen LogP contribution in [0.25, 0.3) is 0 Å². The van der Waals surface area contributed by atoms with Gasteiger partial charge in [0, 0.05) is 0 Å². The summed E-state index contributed by atoms with van der Waals surface area (Å²) in [5.74, 6) is 0. The Kier molecular flexibility index (Phi) is 10.5. The number of hydrogen-bond acceptors (Lipinski definition) is 3. The first-order valence-electron chi connectivity index (χ1n) is 6.48. The van der Waals surface area contributed by atoms with Crippen molar-refractivity contribution in [2.24, 2.45) is 0 Å². The third-order valence-corrected chi connectivity index (χ3v) is 8.11. The van der Waals surface area contributed by atoms with Gasteiger partial charge in [-0.2, -0.15) is 0 Å². The zero-order chi connectivity index (χ0) is 13.1.